The van der Waals surface area contributed by atoms with Gasteiger partial charge < -0.3 is 4.74 Å². The fraction of sp³-hybridized carbons (Fsp3) is 0.412. The number of nitrogens with zero attached hydrogens (tertiary/aromatic N) is 1. The van der Waals surface area contributed by atoms with Crippen molar-refractivity contribution >= 4 is 6.29 Å². The lowest BCUT2D eigenvalue weighted by Gasteiger charge is -2.26. The van der Waals surface area contributed by atoms with Gasteiger partial charge in [0.2, 0.25) is 0 Å². The number of carbonyl (C=O) groups excluding carboxylic acids is 1. The molecule has 0 saturated heterocycles. The van der Waals surface area contributed by atoms with Gasteiger partial charge in [-0.1, -0.05) is 18.2 Å². The van der Waals surface area contributed by atoms with E-state index in [1.165, 1.54) is 0 Å². The van der Waals surface area contributed by atoms with Crippen LogP contribution in [0.3, 0.4) is 0 Å². The molecule has 2 rings (SSSR count). The molecule has 0 aliphatic heterocycles. The lowest BCUT2D eigenvalue weighted by Crippen LogP contribution is -2.20. The molecule has 0 amide bonds. The normalized spacial score (nSPS) is 22.6. The molecule has 1 aromatic rings. The van der Waals surface area contributed by atoms with Gasteiger partial charge in [-0.25, -0.2) is 0 Å². The first-order chi connectivity index (χ1) is 9.81. The zero-order valence-electron chi connectivity index (χ0n) is 11.5. The van der Waals surface area contributed by atoms with Crippen molar-refractivity contribution in [3.05, 3.63) is 47.5 Å². The molecule has 0 bridgehead atoms. The molecule has 1 fully saturated rings. The summed E-state index contributed by atoms with van der Waals surface area (Å²) in [5.74, 6) is 0.523. The smallest absolute Gasteiger partial charge is 0.142 e. The standard InChI is InChI=1S/C17H19NO2/c18-12-15-3-5-16(6-4-15)13-20-17-9-7-14(8-10-17)2-1-11-19/h1-6,11,14,17H,7-10,13H2/b2-1+. The molecule has 0 heterocycles. The SMILES string of the molecule is N#Cc1ccc(COC2CCC(/C=C/C=O)CC2)cc1. The lowest BCUT2D eigenvalue weighted by molar-refractivity contribution is -0.104. The maximum atomic E-state index is 10.3. The van der Waals surface area contributed by atoms with Crippen LogP contribution in [0, 0.1) is 17.2 Å². The van der Waals surface area contributed by atoms with Crippen LogP contribution in [-0.4, -0.2) is 12.4 Å². The highest BCUT2D eigenvalue weighted by atomic mass is 16.5. The predicted octanol–water partition coefficient (Wildman–Crippen LogP) is 3.39. The van der Waals surface area contributed by atoms with Gasteiger partial charge in [0.05, 0.1) is 24.3 Å². The molecule has 0 unspecified atom stereocenters. The molecule has 0 N–H and O–H groups in total. The summed E-state index contributed by atoms with van der Waals surface area (Å²) in [6, 6.07) is 9.63. The minimum absolute atomic E-state index is 0.312. The number of hydrogen-bond acceptors (Lipinski definition) is 3. The van der Waals surface area contributed by atoms with Crippen molar-refractivity contribution in [3.8, 4) is 6.07 Å². The van der Waals surface area contributed by atoms with E-state index < -0.39 is 0 Å². The Morgan fingerprint density at radius 2 is 1.90 bits per heavy atom. The van der Waals surface area contributed by atoms with E-state index in [2.05, 4.69) is 6.07 Å². The van der Waals surface area contributed by atoms with Crippen LogP contribution >= 0.6 is 0 Å². The molecule has 1 saturated carbocycles. The van der Waals surface area contributed by atoms with Gasteiger partial charge >= 0.3 is 0 Å². The highest BCUT2D eigenvalue weighted by Gasteiger charge is 2.19. The van der Waals surface area contributed by atoms with Gasteiger partial charge in [0.15, 0.2) is 0 Å². The van der Waals surface area contributed by atoms with Crippen molar-refractivity contribution in [2.75, 3.05) is 0 Å². The third kappa shape index (κ3) is 4.32. The predicted molar refractivity (Wildman–Crippen MR) is 76.9 cm³/mol. The van der Waals surface area contributed by atoms with Crippen LogP contribution in [-0.2, 0) is 16.1 Å². The maximum Gasteiger partial charge on any atom is 0.142 e. The Balaban J connectivity index is 1.74. The first kappa shape index (κ1) is 14.5. The van der Waals surface area contributed by atoms with Crippen molar-refractivity contribution in [2.45, 2.75) is 38.4 Å². The summed E-state index contributed by atoms with van der Waals surface area (Å²) >= 11 is 0. The van der Waals surface area contributed by atoms with Crippen molar-refractivity contribution in [1.29, 1.82) is 5.26 Å². The zero-order chi connectivity index (χ0) is 14.2. The first-order valence-corrected chi connectivity index (χ1v) is 7.04. The summed E-state index contributed by atoms with van der Waals surface area (Å²) in [6.45, 7) is 0.602. The number of benzene rings is 1. The van der Waals surface area contributed by atoms with Gasteiger partial charge in [-0.3, -0.25) is 4.79 Å². The van der Waals surface area contributed by atoms with E-state index in [9.17, 15) is 4.79 Å². The van der Waals surface area contributed by atoms with E-state index in [-0.39, 0.29) is 0 Å². The molecular formula is C17H19NO2. The number of allylic oxidation sites excluding steroid dienone is 2. The second-order valence-electron chi connectivity index (χ2n) is 5.18. The van der Waals surface area contributed by atoms with Crippen LogP contribution < -0.4 is 0 Å². The Morgan fingerprint density at radius 1 is 1.20 bits per heavy atom. The second kappa shape index (κ2) is 7.62. The fourth-order valence-corrected chi connectivity index (χ4v) is 2.54. The Hall–Kier alpha value is -1.92. The molecule has 3 nitrogen and oxygen atoms in total. The topological polar surface area (TPSA) is 50.1 Å². The van der Waals surface area contributed by atoms with E-state index >= 15 is 0 Å². The van der Waals surface area contributed by atoms with Gasteiger partial charge in [0.25, 0.3) is 0 Å². The molecule has 0 atom stereocenters. The van der Waals surface area contributed by atoms with Crippen molar-refractivity contribution in [2.24, 2.45) is 5.92 Å². The van der Waals surface area contributed by atoms with Gasteiger partial charge in [-0.05, 0) is 55.4 Å². The van der Waals surface area contributed by atoms with Crippen LogP contribution in [0.2, 0.25) is 0 Å². The Bertz CT molecular complexity index is 491. The van der Waals surface area contributed by atoms with Gasteiger partial charge in [-0.2, -0.15) is 5.26 Å². The molecule has 0 radical (unpaired) electrons. The Labute approximate surface area is 119 Å². The van der Waals surface area contributed by atoms with Crippen molar-refractivity contribution in [3.63, 3.8) is 0 Å². The van der Waals surface area contributed by atoms with Crippen LogP contribution in [0.5, 0.6) is 0 Å². The third-order valence-corrected chi connectivity index (χ3v) is 3.75. The minimum Gasteiger partial charge on any atom is -0.374 e. The van der Waals surface area contributed by atoms with Crippen LogP contribution in [0.25, 0.3) is 0 Å². The molecule has 1 aliphatic carbocycles. The average molecular weight is 269 g/mol. The first-order valence-electron chi connectivity index (χ1n) is 7.04. The van der Waals surface area contributed by atoms with E-state index in [4.69, 9.17) is 10.00 Å². The second-order valence-corrected chi connectivity index (χ2v) is 5.18. The summed E-state index contributed by atoms with van der Waals surface area (Å²) in [5.41, 5.74) is 1.78. The molecule has 3 heteroatoms. The Morgan fingerprint density at radius 3 is 2.50 bits per heavy atom. The summed E-state index contributed by atoms with van der Waals surface area (Å²) < 4.78 is 5.92. The largest absolute Gasteiger partial charge is 0.374 e. The fourth-order valence-electron chi connectivity index (χ4n) is 2.54. The Kier molecular flexibility index (Phi) is 5.52. The number of ether oxygens (including phenoxy) is 1. The van der Waals surface area contributed by atoms with Crippen LogP contribution in [0.15, 0.2) is 36.4 Å². The van der Waals surface area contributed by atoms with Crippen molar-refractivity contribution in [1.82, 2.24) is 0 Å². The highest BCUT2D eigenvalue weighted by Crippen LogP contribution is 2.27. The molecule has 104 valence electrons. The monoisotopic (exact) mass is 269 g/mol. The number of rotatable bonds is 5. The molecule has 0 spiro atoms. The molecule has 0 aromatic heterocycles. The number of nitriles is 1. The molecule has 20 heavy (non-hydrogen) atoms. The van der Waals surface area contributed by atoms with E-state index in [0.29, 0.717) is 24.2 Å². The number of hydrogen-bond donors (Lipinski definition) is 0. The summed E-state index contributed by atoms with van der Waals surface area (Å²) in [6.07, 6.45) is 9.02. The average Bonchev–Trinajstić information content (AvgIpc) is 2.52. The summed E-state index contributed by atoms with van der Waals surface area (Å²) in [5, 5.41) is 8.74. The molecular weight excluding hydrogens is 250 g/mol. The number of carbonyl (C=O) groups is 1. The van der Waals surface area contributed by atoms with E-state index in [1.54, 1.807) is 6.08 Å². The van der Waals surface area contributed by atoms with Gasteiger partial charge in [0, 0.05) is 0 Å². The van der Waals surface area contributed by atoms with Crippen LogP contribution in [0.4, 0.5) is 0 Å². The third-order valence-electron chi connectivity index (χ3n) is 3.75. The highest BCUT2D eigenvalue weighted by molar-refractivity contribution is 5.64. The zero-order valence-corrected chi connectivity index (χ0v) is 11.5. The maximum absolute atomic E-state index is 10.3. The number of aldehydes is 1. The molecule has 1 aliphatic rings. The van der Waals surface area contributed by atoms with E-state index in [1.807, 2.05) is 30.3 Å². The summed E-state index contributed by atoms with van der Waals surface area (Å²) in [7, 11) is 0. The minimum atomic E-state index is 0.312. The van der Waals surface area contributed by atoms with Crippen molar-refractivity contribution < 1.29 is 9.53 Å². The lowest BCUT2D eigenvalue weighted by atomic mass is 9.87. The molecule has 1 aromatic carbocycles. The van der Waals surface area contributed by atoms with Crippen LogP contribution in [0.1, 0.15) is 36.8 Å². The van der Waals surface area contributed by atoms with Gasteiger partial charge in [0.1, 0.15) is 6.29 Å². The summed E-state index contributed by atoms with van der Waals surface area (Å²) in [4.78, 5) is 10.3. The van der Waals surface area contributed by atoms with E-state index in [0.717, 1.165) is 37.5 Å². The quantitative estimate of drug-likeness (QED) is 0.608. The van der Waals surface area contributed by atoms with Gasteiger partial charge in [-0.15, -0.1) is 0 Å².